The summed E-state index contributed by atoms with van der Waals surface area (Å²) in [7, 11) is 1.42. The van der Waals surface area contributed by atoms with E-state index in [9.17, 15) is 19.0 Å². The fourth-order valence-corrected chi connectivity index (χ4v) is 6.51. The van der Waals surface area contributed by atoms with Gasteiger partial charge in [0.15, 0.2) is 6.10 Å². The average molecular weight is 911 g/mol. The lowest BCUT2D eigenvalue weighted by molar-refractivity contribution is -0.870. The number of ether oxygens (including phenoxy) is 2. The molecule has 0 heterocycles. The number of carbonyl (C=O) groups excluding carboxylic acids is 2. The average Bonchev–Trinajstić information content (AvgIpc) is 3.25. The SMILES string of the molecule is CC/C=C\C/C=C\C/C=C\C/C=C\C/C=C\CCCCCCCC(=O)OC(COC(=O)CCCCC/C=C\C/C=C\C/C=C\C/C=C\C/C=C\CC)COP(=O)(O)OCC[N+](C)(C)C. The largest absolute Gasteiger partial charge is 0.472 e. The van der Waals surface area contributed by atoms with Gasteiger partial charge >= 0.3 is 19.8 Å². The van der Waals surface area contributed by atoms with Crippen LogP contribution >= 0.6 is 7.82 Å². The second-order valence-electron chi connectivity index (χ2n) is 16.7. The Kier molecular flexibility index (Phi) is 42.1. The molecule has 362 valence electrons. The van der Waals surface area contributed by atoms with Gasteiger partial charge in [0, 0.05) is 12.8 Å². The monoisotopic (exact) mass is 911 g/mol. The van der Waals surface area contributed by atoms with E-state index >= 15 is 0 Å². The van der Waals surface area contributed by atoms with Crippen LogP contribution in [-0.2, 0) is 32.7 Å². The molecular weight excluding hydrogens is 822 g/mol. The predicted octanol–water partition coefficient (Wildman–Crippen LogP) is 14.5. The molecule has 2 unspecified atom stereocenters. The first-order valence-electron chi connectivity index (χ1n) is 24.3. The third-order valence-electron chi connectivity index (χ3n) is 9.49. The van der Waals surface area contributed by atoms with Gasteiger partial charge in [0.2, 0.25) is 0 Å². The lowest BCUT2D eigenvalue weighted by Gasteiger charge is -2.24. The Morgan fingerprint density at radius 2 is 0.844 bits per heavy atom. The van der Waals surface area contributed by atoms with Gasteiger partial charge in [-0.3, -0.25) is 18.6 Å². The Labute approximate surface area is 390 Å². The molecule has 64 heavy (non-hydrogen) atoms. The van der Waals surface area contributed by atoms with Crippen molar-refractivity contribution in [1.29, 1.82) is 0 Å². The van der Waals surface area contributed by atoms with Crippen molar-refractivity contribution >= 4 is 19.8 Å². The Morgan fingerprint density at radius 3 is 1.27 bits per heavy atom. The van der Waals surface area contributed by atoms with Crippen LogP contribution in [0, 0.1) is 0 Å². The molecule has 9 nitrogen and oxygen atoms in total. The van der Waals surface area contributed by atoms with Gasteiger partial charge in [-0.2, -0.15) is 0 Å². The highest BCUT2D eigenvalue weighted by Gasteiger charge is 2.27. The first-order valence-corrected chi connectivity index (χ1v) is 25.8. The third-order valence-corrected chi connectivity index (χ3v) is 10.5. The second-order valence-corrected chi connectivity index (χ2v) is 18.2. The number of esters is 2. The minimum atomic E-state index is -4.40. The number of hydrogen-bond donors (Lipinski definition) is 1. The Balaban J connectivity index is 4.43. The number of hydrogen-bond acceptors (Lipinski definition) is 7. The number of carbonyl (C=O) groups is 2. The van der Waals surface area contributed by atoms with E-state index in [2.05, 4.69) is 135 Å². The molecule has 0 aromatic rings. The van der Waals surface area contributed by atoms with Crippen molar-refractivity contribution in [2.24, 2.45) is 0 Å². The molecule has 0 aromatic carbocycles. The van der Waals surface area contributed by atoms with Gasteiger partial charge in [-0.25, -0.2) is 4.57 Å². The van der Waals surface area contributed by atoms with E-state index in [0.29, 0.717) is 23.9 Å². The number of unbranched alkanes of at least 4 members (excludes halogenated alkanes) is 8. The van der Waals surface area contributed by atoms with Gasteiger partial charge in [-0.05, 0) is 103 Å². The Morgan fingerprint density at radius 1 is 0.484 bits per heavy atom. The molecule has 2 atom stereocenters. The van der Waals surface area contributed by atoms with Crippen LogP contribution < -0.4 is 0 Å². The maximum Gasteiger partial charge on any atom is 0.472 e. The highest BCUT2D eigenvalue weighted by Crippen LogP contribution is 2.43. The summed E-state index contributed by atoms with van der Waals surface area (Å²) in [4.78, 5) is 35.5. The van der Waals surface area contributed by atoms with Crippen molar-refractivity contribution in [2.75, 3.05) is 47.5 Å². The maximum atomic E-state index is 12.7. The van der Waals surface area contributed by atoms with Gasteiger partial charge < -0.3 is 18.9 Å². The van der Waals surface area contributed by atoms with E-state index in [1.54, 1.807) is 0 Å². The summed E-state index contributed by atoms with van der Waals surface area (Å²) in [6.45, 7) is 4.10. The lowest BCUT2D eigenvalue weighted by atomic mass is 10.1. The van der Waals surface area contributed by atoms with Gasteiger partial charge in [0.1, 0.15) is 19.8 Å². The van der Waals surface area contributed by atoms with E-state index in [4.69, 9.17) is 18.5 Å². The lowest BCUT2D eigenvalue weighted by Crippen LogP contribution is -2.37. The topological polar surface area (TPSA) is 108 Å². The van der Waals surface area contributed by atoms with Crippen LogP contribution in [0.3, 0.4) is 0 Å². The molecule has 0 aliphatic rings. The molecule has 10 heteroatoms. The summed E-state index contributed by atoms with van der Waals surface area (Å²) in [5.41, 5.74) is 0. The van der Waals surface area contributed by atoms with E-state index in [1.807, 2.05) is 21.1 Å². The minimum absolute atomic E-state index is 0.0140. The zero-order valence-corrected chi connectivity index (χ0v) is 41.6. The molecule has 0 rings (SSSR count). The second kappa shape index (κ2) is 44.6. The molecule has 0 fully saturated rings. The molecule has 0 saturated heterocycles. The summed E-state index contributed by atoms with van der Waals surface area (Å²) in [5.74, 6) is -0.871. The van der Waals surface area contributed by atoms with E-state index < -0.39 is 32.5 Å². The Hall–Kier alpha value is -3.59. The quantitative estimate of drug-likeness (QED) is 0.0212. The smallest absolute Gasteiger partial charge is 0.462 e. The molecule has 0 aromatic heterocycles. The molecule has 0 amide bonds. The van der Waals surface area contributed by atoms with Crippen LogP contribution in [0.15, 0.2) is 122 Å². The fourth-order valence-electron chi connectivity index (χ4n) is 5.77. The van der Waals surface area contributed by atoms with Crippen molar-refractivity contribution in [2.45, 2.75) is 161 Å². The predicted molar refractivity (Wildman–Crippen MR) is 270 cm³/mol. The summed E-state index contributed by atoms with van der Waals surface area (Å²) < 4.78 is 34.4. The van der Waals surface area contributed by atoms with Crippen LogP contribution in [0.5, 0.6) is 0 Å². The van der Waals surface area contributed by atoms with Crippen molar-refractivity contribution < 1.29 is 42.1 Å². The van der Waals surface area contributed by atoms with Gasteiger partial charge in [-0.15, -0.1) is 0 Å². The zero-order valence-electron chi connectivity index (χ0n) is 40.7. The third kappa shape index (κ3) is 47.9. The summed E-state index contributed by atoms with van der Waals surface area (Å²) >= 11 is 0. The fraction of sp³-hybridized carbons (Fsp3) is 0.593. The summed E-state index contributed by atoms with van der Waals surface area (Å²) in [5, 5.41) is 0. The maximum absolute atomic E-state index is 12.7. The molecule has 0 bridgehead atoms. The van der Waals surface area contributed by atoms with Gasteiger partial charge in [0.05, 0.1) is 27.7 Å². The number of nitrogens with zero attached hydrogens (tertiary/aromatic N) is 1. The molecule has 0 aliphatic carbocycles. The number of quaternary nitrogens is 1. The number of allylic oxidation sites excluding steroid dienone is 20. The van der Waals surface area contributed by atoms with Crippen LogP contribution in [-0.4, -0.2) is 74.9 Å². The Bertz CT molecular complexity index is 1490. The molecule has 0 spiro atoms. The molecule has 0 saturated carbocycles. The highest BCUT2D eigenvalue weighted by molar-refractivity contribution is 7.47. The standard InChI is InChI=1S/C54H88NO8P/c1-6-8-10-12-14-16-18-20-22-24-26-27-29-31-33-35-37-39-41-43-45-47-54(57)63-52(51-62-64(58,59)61-49-48-55(3,4)5)50-60-53(56)46-44-42-40-38-36-34-32-30-28-25-23-21-19-17-15-13-11-9-7-2/h8-11,14-17,20-23,26-28,30-31,33-34,36,52H,6-7,12-13,18-19,24-25,29,32,35,37-51H2,1-5H3/p+1/b10-8-,11-9-,16-14-,17-15-,22-20-,23-21-,27-26-,30-28-,33-31-,36-34-. The summed E-state index contributed by atoms with van der Waals surface area (Å²) in [6, 6.07) is 0. The van der Waals surface area contributed by atoms with Crippen molar-refractivity contribution in [3.8, 4) is 0 Å². The van der Waals surface area contributed by atoms with Crippen molar-refractivity contribution in [3.63, 3.8) is 0 Å². The molecule has 0 radical (unpaired) electrons. The van der Waals surface area contributed by atoms with Crippen LogP contribution in [0.25, 0.3) is 0 Å². The van der Waals surface area contributed by atoms with E-state index in [0.717, 1.165) is 116 Å². The normalized spacial score (nSPS) is 14.5. The molecular formula is C54H89NO8P+. The van der Waals surface area contributed by atoms with Gasteiger partial charge in [0.25, 0.3) is 0 Å². The van der Waals surface area contributed by atoms with Crippen LogP contribution in [0.4, 0.5) is 0 Å². The number of phosphoric ester groups is 1. The van der Waals surface area contributed by atoms with Crippen LogP contribution in [0.1, 0.15) is 155 Å². The van der Waals surface area contributed by atoms with Gasteiger partial charge in [-0.1, -0.05) is 161 Å². The first kappa shape index (κ1) is 60.4. The van der Waals surface area contributed by atoms with Crippen molar-refractivity contribution in [1.82, 2.24) is 0 Å². The molecule has 1 N–H and O–H groups in total. The molecule has 0 aliphatic heterocycles. The number of phosphoric acid groups is 1. The first-order chi connectivity index (χ1) is 31.0. The van der Waals surface area contributed by atoms with Crippen LogP contribution in [0.2, 0.25) is 0 Å². The highest BCUT2D eigenvalue weighted by atomic mass is 31.2. The minimum Gasteiger partial charge on any atom is -0.462 e. The summed E-state index contributed by atoms with van der Waals surface area (Å²) in [6.07, 6.45) is 62.5. The number of likely N-dealkylation sites (N-methyl/N-ethyl adjacent to an activating group) is 1. The zero-order chi connectivity index (χ0) is 47.1. The number of rotatable bonds is 42. The van der Waals surface area contributed by atoms with E-state index in [-0.39, 0.29) is 26.1 Å². The van der Waals surface area contributed by atoms with Crippen molar-refractivity contribution in [3.05, 3.63) is 122 Å². The van der Waals surface area contributed by atoms with E-state index in [1.165, 1.54) is 0 Å².